The molecule has 1 N–H and O–H groups in total. The van der Waals surface area contributed by atoms with Gasteiger partial charge in [0.25, 0.3) is 0 Å². The first-order valence-corrected chi connectivity index (χ1v) is 9.89. The molecule has 0 bridgehead atoms. The molecule has 1 saturated carbocycles. The maximum Gasteiger partial charge on any atom is 0.217 e. The summed E-state index contributed by atoms with van der Waals surface area (Å²) in [6.07, 6.45) is 4.17. The summed E-state index contributed by atoms with van der Waals surface area (Å²) in [5.41, 5.74) is 1.68. The molecule has 1 fully saturated rings. The van der Waals surface area contributed by atoms with E-state index >= 15 is 0 Å². The molecule has 0 aromatic heterocycles. The molecule has 0 saturated heterocycles. The smallest absolute Gasteiger partial charge is 0.217 e. The van der Waals surface area contributed by atoms with Gasteiger partial charge in [0.15, 0.2) is 0 Å². The highest BCUT2D eigenvalue weighted by atomic mass is 19.1. The molecule has 0 unspecified atom stereocenters. The monoisotopic (exact) mass is 385 g/mol. The third kappa shape index (κ3) is 6.55. The lowest BCUT2D eigenvalue weighted by atomic mass is 10.1. The van der Waals surface area contributed by atoms with Crippen molar-refractivity contribution in [1.29, 1.82) is 0 Å². The van der Waals surface area contributed by atoms with E-state index in [1.807, 2.05) is 31.2 Å². The van der Waals surface area contributed by atoms with E-state index in [2.05, 4.69) is 5.32 Å². The summed E-state index contributed by atoms with van der Waals surface area (Å²) >= 11 is 0. The Balaban J connectivity index is 1.45. The highest BCUT2D eigenvalue weighted by Crippen LogP contribution is 2.30. The lowest BCUT2D eigenvalue weighted by Gasteiger charge is -2.13. The fraction of sp³-hybridized carbons (Fsp3) is 0.435. The SMILES string of the molecule is CC(=O)N[C@@H](C)CCc1ccc(OCc2ccc(OCC3CC3)cc2F)cc1. The summed E-state index contributed by atoms with van der Waals surface area (Å²) < 4.78 is 25.5. The number of nitrogens with one attached hydrogen (secondary N) is 1. The lowest BCUT2D eigenvalue weighted by molar-refractivity contribution is -0.119. The summed E-state index contributed by atoms with van der Waals surface area (Å²) in [6, 6.07) is 12.9. The third-order valence-electron chi connectivity index (χ3n) is 4.84. The quantitative estimate of drug-likeness (QED) is 0.648. The Labute approximate surface area is 166 Å². The first-order valence-electron chi connectivity index (χ1n) is 9.89. The molecular weight excluding hydrogens is 357 g/mol. The van der Waals surface area contributed by atoms with Crippen LogP contribution < -0.4 is 14.8 Å². The molecular formula is C23H28FNO3. The standard InChI is InChI=1S/C23H28FNO3/c1-16(25-17(2)26)3-4-18-7-10-21(11-8-18)28-15-20-9-12-22(13-23(20)24)27-14-19-5-6-19/h7-13,16,19H,3-6,14-15H2,1-2H3,(H,25,26)/t16-/m0/s1. The molecule has 0 aliphatic heterocycles. The Bertz CT molecular complexity index is 787. The number of amides is 1. The minimum Gasteiger partial charge on any atom is -0.493 e. The van der Waals surface area contributed by atoms with Crippen LogP contribution in [0.15, 0.2) is 42.5 Å². The van der Waals surface area contributed by atoms with Crippen LogP contribution in [0.4, 0.5) is 4.39 Å². The largest absolute Gasteiger partial charge is 0.493 e. The van der Waals surface area contributed by atoms with Crippen LogP contribution >= 0.6 is 0 Å². The number of hydrogen-bond donors (Lipinski definition) is 1. The van der Waals surface area contributed by atoms with Gasteiger partial charge in [-0.15, -0.1) is 0 Å². The van der Waals surface area contributed by atoms with Crippen molar-refractivity contribution in [3.8, 4) is 11.5 Å². The van der Waals surface area contributed by atoms with Crippen LogP contribution in [-0.2, 0) is 17.8 Å². The van der Waals surface area contributed by atoms with E-state index in [0.29, 0.717) is 29.6 Å². The number of halogens is 1. The Morgan fingerprint density at radius 1 is 1.14 bits per heavy atom. The summed E-state index contributed by atoms with van der Waals surface area (Å²) in [4.78, 5) is 11.0. The Kier molecular flexibility index (Phi) is 6.90. The summed E-state index contributed by atoms with van der Waals surface area (Å²) in [5, 5.41) is 2.88. The second-order valence-corrected chi connectivity index (χ2v) is 7.58. The van der Waals surface area contributed by atoms with Crippen molar-refractivity contribution < 1.29 is 18.7 Å². The minimum absolute atomic E-state index is 0.00834. The summed E-state index contributed by atoms with van der Waals surface area (Å²) in [7, 11) is 0. The van der Waals surface area contributed by atoms with Crippen molar-refractivity contribution in [2.45, 2.75) is 52.2 Å². The number of hydrogen-bond acceptors (Lipinski definition) is 3. The Morgan fingerprint density at radius 3 is 2.50 bits per heavy atom. The summed E-state index contributed by atoms with van der Waals surface area (Å²) in [6.45, 7) is 4.37. The van der Waals surface area contributed by atoms with Crippen molar-refractivity contribution in [2.24, 2.45) is 5.92 Å². The van der Waals surface area contributed by atoms with Gasteiger partial charge in [-0.05, 0) is 68.4 Å². The number of carbonyl (C=O) groups is 1. The third-order valence-corrected chi connectivity index (χ3v) is 4.84. The normalized spacial score (nSPS) is 14.4. The molecule has 1 aliphatic carbocycles. The zero-order valence-electron chi connectivity index (χ0n) is 16.5. The van der Waals surface area contributed by atoms with Crippen LogP contribution in [0.1, 0.15) is 44.2 Å². The number of aryl methyl sites for hydroxylation is 1. The number of carbonyl (C=O) groups excluding carboxylic acids is 1. The fourth-order valence-corrected chi connectivity index (χ4v) is 2.95. The summed E-state index contributed by atoms with van der Waals surface area (Å²) in [5.74, 6) is 1.60. The van der Waals surface area contributed by atoms with Gasteiger partial charge < -0.3 is 14.8 Å². The van der Waals surface area contributed by atoms with Gasteiger partial charge in [0.05, 0.1) is 6.61 Å². The molecule has 3 rings (SSSR count). The molecule has 1 aliphatic rings. The van der Waals surface area contributed by atoms with Crippen molar-refractivity contribution in [3.63, 3.8) is 0 Å². The molecule has 4 nitrogen and oxygen atoms in total. The maximum atomic E-state index is 14.2. The molecule has 1 atom stereocenters. The highest BCUT2D eigenvalue weighted by Gasteiger charge is 2.22. The van der Waals surface area contributed by atoms with Crippen LogP contribution in [-0.4, -0.2) is 18.6 Å². The molecule has 2 aromatic rings. The Morgan fingerprint density at radius 2 is 1.86 bits per heavy atom. The molecule has 150 valence electrons. The van der Waals surface area contributed by atoms with Crippen LogP contribution in [0, 0.1) is 11.7 Å². The molecule has 5 heteroatoms. The predicted octanol–water partition coefficient (Wildman–Crippen LogP) is 4.65. The van der Waals surface area contributed by atoms with E-state index < -0.39 is 0 Å². The molecule has 0 radical (unpaired) electrons. The molecule has 0 heterocycles. The van der Waals surface area contributed by atoms with Crippen LogP contribution in [0.25, 0.3) is 0 Å². The van der Waals surface area contributed by atoms with Crippen LogP contribution in [0.5, 0.6) is 11.5 Å². The van der Waals surface area contributed by atoms with E-state index in [4.69, 9.17) is 9.47 Å². The van der Waals surface area contributed by atoms with Gasteiger partial charge in [-0.25, -0.2) is 4.39 Å². The molecule has 2 aromatic carbocycles. The van der Waals surface area contributed by atoms with Gasteiger partial charge in [0.2, 0.25) is 5.91 Å². The van der Waals surface area contributed by atoms with Crippen LogP contribution in [0.3, 0.4) is 0 Å². The van der Waals surface area contributed by atoms with Crippen molar-refractivity contribution >= 4 is 5.91 Å². The number of rotatable bonds is 10. The van der Waals surface area contributed by atoms with E-state index in [9.17, 15) is 9.18 Å². The molecule has 28 heavy (non-hydrogen) atoms. The van der Waals surface area contributed by atoms with Gasteiger partial charge in [-0.1, -0.05) is 12.1 Å². The number of benzene rings is 2. The molecule has 0 spiro atoms. The van der Waals surface area contributed by atoms with Crippen molar-refractivity contribution in [1.82, 2.24) is 5.32 Å². The lowest BCUT2D eigenvalue weighted by Crippen LogP contribution is -2.30. The maximum absolute atomic E-state index is 14.2. The van der Waals surface area contributed by atoms with Crippen molar-refractivity contribution in [2.75, 3.05) is 6.61 Å². The molecule has 1 amide bonds. The minimum atomic E-state index is -0.308. The zero-order chi connectivity index (χ0) is 19.9. The van der Waals surface area contributed by atoms with Gasteiger partial charge in [0, 0.05) is 24.6 Å². The van der Waals surface area contributed by atoms with E-state index in [1.165, 1.54) is 31.4 Å². The van der Waals surface area contributed by atoms with Gasteiger partial charge >= 0.3 is 0 Å². The van der Waals surface area contributed by atoms with Crippen molar-refractivity contribution in [3.05, 3.63) is 59.4 Å². The predicted molar refractivity (Wildman–Crippen MR) is 107 cm³/mol. The van der Waals surface area contributed by atoms with Gasteiger partial charge in [0.1, 0.15) is 23.9 Å². The van der Waals surface area contributed by atoms with E-state index in [1.54, 1.807) is 12.1 Å². The van der Waals surface area contributed by atoms with Crippen LogP contribution in [0.2, 0.25) is 0 Å². The van der Waals surface area contributed by atoms with E-state index in [0.717, 1.165) is 12.8 Å². The number of ether oxygens (including phenoxy) is 2. The van der Waals surface area contributed by atoms with E-state index in [-0.39, 0.29) is 24.4 Å². The van der Waals surface area contributed by atoms with Gasteiger partial charge in [-0.2, -0.15) is 0 Å². The average molecular weight is 385 g/mol. The first-order chi connectivity index (χ1) is 13.5. The topological polar surface area (TPSA) is 47.6 Å². The van der Waals surface area contributed by atoms with Gasteiger partial charge in [-0.3, -0.25) is 4.79 Å². The second-order valence-electron chi connectivity index (χ2n) is 7.58. The highest BCUT2D eigenvalue weighted by molar-refractivity contribution is 5.73. The average Bonchev–Trinajstić information content (AvgIpc) is 3.49. The first kappa shape index (κ1) is 20.2. The Hall–Kier alpha value is -2.56. The zero-order valence-corrected chi connectivity index (χ0v) is 16.5. The fourth-order valence-electron chi connectivity index (χ4n) is 2.95. The second kappa shape index (κ2) is 9.58.